The zero-order valence-electron chi connectivity index (χ0n) is 11.0. The minimum absolute atomic E-state index is 0.790. The maximum Gasteiger partial charge on any atom is 0.125 e. The average molecular weight is 271 g/mol. The standard InChI is InChI=1S/C16H17NOS/c1-2-8-17-11-15-13(6-9-18-15)14-5-3-4-12-7-10-19-16(12)14/h3-7,9-10,17H,2,8,11H2,1H3. The molecule has 3 aromatic rings. The molecule has 2 aromatic heterocycles. The molecule has 0 atom stereocenters. The maximum absolute atomic E-state index is 5.63. The molecule has 0 radical (unpaired) electrons. The number of benzene rings is 1. The highest BCUT2D eigenvalue weighted by Gasteiger charge is 2.11. The van der Waals surface area contributed by atoms with Gasteiger partial charge in [0.2, 0.25) is 0 Å². The first kappa shape index (κ1) is 12.5. The first-order valence-electron chi connectivity index (χ1n) is 6.64. The topological polar surface area (TPSA) is 25.2 Å². The Labute approximate surface area is 117 Å². The molecule has 19 heavy (non-hydrogen) atoms. The van der Waals surface area contributed by atoms with Crippen molar-refractivity contribution in [2.24, 2.45) is 0 Å². The van der Waals surface area contributed by atoms with Crippen molar-refractivity contribution < 1.29 is 4.42 Å². The Morgan fingerprint density at radius 2 is 2.11 bits per heavy atom. The normalized spacial score (nSPS) is 11.2. The van der Waals surface area contributed by atoms with E-state index in [0.29, 0.717) is 0 Å². The van der Waals surface area contributed by atoms with Gasteiger partial charge in [0, 0.05) is 15.8 Å². The lowest BCUT2D eigenvalue weighted by molar-refractivity contribution is 0.484. The van der Waals surface area contributed by atoms with Gasteiger partial charge in [-0.1, -0.05) is 25.1 Å². The maximum atomic E-state index is 5.63. The van der Waals surface area contributed by atoms with Crippen LogP contribution < -0.4 is 5.32 Å². The first-order chi connectivity index (χ1) is 9.40. The Morgan fingerprint density at radius 1 is 1.16 bits per heavy atom. The van der Waals surface area contributed by atoms with Gasteiger partial charge in [0.15, 0.2) is 0 Å². The summed E-state index contributed by atoms with van der Waals surface area (Å²) in [5.74, 6) is 1.02. The number of thiophene rings is 1. The van der Waals surface area contributed by atoms with Gasteiger partial charge in [-0.15, -0.1) is 11.3 Å². The smallest absolute Gasteiger partial charge is 0.125 e. The van der Waals surface area contributed by atoms with Crippen LogP contribution in [0.4, 0.5) is 0 Å². The molecule has 0 aliphatic carbocycles. The Bertz CT molecular complexity index is 668. The van der Waals surface area contributed by atoms with Crippen molar-refractivity contribution in [2.75, 3.05) is 6.54 Å². The second kappa shape index (κ2) is 5.59. The van der Waals surface area contributed by atoms with Crippen molar-refractivity contribution in [2.45, 2.75) is 19.9 Å². The quantitative estimate of drug-likeness (QED) is 0.683. The van der Waals surface area contributed by atoms with E-state index in [-0.39, 0.29) is 0 Å². The molecule has 0 fully saturated rings. The van der Waals surface area contributed by atoms with Crippen molar-refractivity contribution in [3.63, 3.8) is 0 Å². The fourth-order valence-electron chi connectivity index (χ4n) is 2.30. The number of hydrogen-bond acceptors (Lipinski definition) is 3. The van der Waals surface area contributed by atoms with Gasteiger partial charge in [0.1, 0.15) is 5.76 Å². The second-order valence-electron chi connectivity index (χ2n) is 4.58. The number of fused-ring (bicyclic) bond motifs is 1. The molecule has 0 saturated carbocycles. The Balaban J connectivity index is 1.98. The second-order valence-corrected chi connectivity index (χ2v) is 5.49. The van der Waals surface area contributed by atoms with E-state index in [1.807, 2.05) is 0 Å². The highest BCUT2D eigenvalue weighted by molar-refractivity contribution is 7.17. The van der Waals surface area contributed by atoms with Crippen LogP contribution >= 0.6 is 11.3 Å². The van der Waals surface area contributed by atoms with Gasteiger partial charge in [-0.3, -0.25) is 0 Å². The number of nitrogens with one attached hydrogen (secondary N) is 1. The molecule has 0 bridgehead atoms. The van der Waals surface area contributed by atoms with Crippen LogP contribution in [0.3, 0.4) is 0 Å². The van der Waals surface area contributed by atoms with Crippen molar-refractivity contribution in [3.05, 3.63) is 47.7 Å². The summed E-state index contributed by atoms with van der Waals surface area (Å²) in [5, 5.41) is 6.84. The molecule has 0 unspecified atom stereocenters. The molecule has 0 spiro atoms. The lowest BCUT2D eigenvalue weighted by Gasteiger charge is -2.05. The molecule has 2 nitrogen and oxygen atoms in total. The van der Waals surface area contributed by atoms with Gasteiger partial charge in [-0.2, -0.15) is 0 Å². The van der Waals surface area contributed by atoms with Crippen LogP contribution in [0, 0.1) is 0 Å². The average Bonchev–Trinajstić information content (AvgIpc) is 3.07. The minimum Gasteiger partial charge on any atom is -0.467 e. The van der Waals surface area contributed by atoms with E-state index < -0.39 is 0 Å². The van der Waals surface area contributed by atoms with E-state index in [2.05, 4.69) is 48.0 Å². The van der Waals surface area contributed by atoms with Gasteiger partial charge in [0.05, 0.1) is 12.8 Å². The molecule has 0 amide bonds. The third-order valence-corrected chi connectivity index (χ3v) is 4.19. The van der Waals surface area contributed by atoms with Gasteiger partial charge in [-0.25, -0.2) is 0 Å². The summed E-state index contributed by atoms with van der Waals surface area (Å²) in [6.45, 7) is 3.98. The lowest BCUT2D eigenvalue weighted by atomic mass is 10.0. The minimum atomic E-state index is 0.790. The van der Waals surface area contributed by atoms with Crippen molar-refractivity contribution in [1.82, 2.24) is 5.32 Å². The van der Waals surface area contributed by atoms with Crippen molar-refractivity contribution in [3.8, 4) is 11.1 Å². The summed E-state index contributed by atoms with van der Waals surface area (Å²) in [6.07, 6.45) is 2.92. The molecule has 1 aromatic carbocycles. The zero-order valence-corrected chi connectivity index (χ0v) is 11.8. The number of rotatable bonds is 5. The summed E-state index contributed by atoms with van der Waals surface area (Å²) >= 11 is 1.79. The van der Waals surface area contributed by atoms with Crippen LogP contribution in [0.5, 0.6) is 0 Å². The SMILES string of the molecule is CCCNCc1occc1-c1cccc2ccsc12. The van der Waals surface area contributed by atoms with E-state index in [1.54, 1.807) is 17.6 Å². The van der Waals surface area contributed by atoms with Gasteiger partial charge >= 0.3 is 0 Å². The van der Waals surface area contributed by atoms with E-state index in [9.17, 15) is 0 Å². The summed E-state index contributed by atoms with van der Waals surface area (Å²) < 4.78 is 6.97. The summed E-state index contributed by atoms with van der Waals surface area (Å²) in [5.41, 5.74) is 2.48. The van der Waals surface area contributed by atoms with E-state index in [4.69, 9.17) is 4.42 Å². The largest absolute Gasteiger partial charge is 0.467 e. The summed E-state index contributed by atoms with van der Waals surface area (Å²) in [7, 11) is 0. The Hall–Kier alpha value is -1.58. The fourth-order valence-corrected chi connectivity index (χ4v) is 3.23. The van der Waals surface area contributed by atoms with Gasteiger partial charge < -0.3 is 9.73 Å². The molecule has 3 heteroatoms. The fraction of sp³-hybridized carbons (Fsp3) is 0.250. The number of furan rings is 1. The van der Waals surface area contributed by atoms with E-state index in [1.165, 1.54) is 21.2 Å². The highest BCUT2D eigenvalue weighted by atomic mass is 32.1. The summed E-state index contributed by atoms with van der Waals surface area (Å²) in [4.78, 5) is 0. The molecule has 98 valence electrons. The Morgan fingerprint density at radius 3 is 3.00 bits per heavy atom. The molecular formula is C16H17NOS. The van der Waals surface area contributed by atoms with Crippen LogP contribution in [-0.2, 0) is 6.54 Å². The molecular weight excluding hydrogens is 254 g/mol. The molecule has 1 N–H and O–H groups in total. The predicted molar refractivity (Wildman–Crippen MR) is 81.5 cm³/mol. The number of hydrogen-bond donors (Lipinski definition) is 1. The third kappa shape index (κ3) is 2.44. The van der Waals surface area contributed by atoms with Crippen LogP contribution in [0.2, 0.25) is 0 Å². The van der Waals surface area contributed by atoms with E-state index in [0.717, 1.165) is 25.3 Å². The highest BCUT2D eigenvalue weighted by Crippen LogP contribution is 2.34. The summed E-state index contributed by atoms with van der Waals surface area (Å²) in [6, 6.07) is 10.7. The van der Waals surface area contributed by atoms with E-state index >= 15 is 0 Å². The molecule has 0 aliphatic heterocycles. The van der Waals surface area contributed by atoms with Crippen LogP contribution in [0.25, 0.3) is 21.2 Å². The third-order valence-electron chi connectivity index (χ3n) is 3.23. The Kier molecular flexibility index (Phi) is 3.67. The lowest BCUT2D eigenvalue weighted by Crippen LogP contribution is -2.13. The van der Waals surface area contributed by atoms with Crippen LogP contribution in [0.15, 0.2) is 46.4 Å². The molecule has 0 saturated heterocycles. The monoisotopic (exact) mass is 271 g/mol. The predicted octanol–water partition coefficient (Wildman–Crippen LogP) is 4.66. The van der Waals surface area contributed by atoms with Crippen LogP contribution in [0.1, 0.15) is 19.1 Å². The zero-order chi connectivity index (χ0) is 13.1. The van der Waals surface area contributed by atoms with Crippen molar-refractivity contribution in [1.29, 1.82) is 0 Å². The van der Waals surface area contributed by atoms with Gasteiger partial charge in [0.25, 0.3) is 0 Å². The van der Waals surface area contributed by atoms with Gasteiger partial charge in [-0.05, 0) is 35.9 Å². The van der Waals surface area contributed by atoms with Crippen molar-refractivity contribution >= 4 is 21.4 Å². The molecule has 2 heterocycles. The van der Waals surface area contributed by atoms with Crippen LogP contribution in [-0.4, -0.2) is 6.54 Å². The molecule has 0 aliphatic rings. The molecule has 3 rings (SSSR count). The first-order valence-corrected chi connectivity index (χ1v) is 7.52.